The van der Waals surface area contributed by atoms with E-state index >= 15 is 0 Å². The highest BCUT2D eigenvalue weighted by molar-refractivity contribution is 5.89. The van der Waals surface area contributed by atoms with Crippen LogP contribution in [0.2, 0.25) is 0 Å². The summed E-state index contributed by atoms with van der Waals surface area (Å²) in [5.74, 6) is 1.59. The van der Waals surface area contributed by atoms with Crippen LogP contribution in [-0.2, 0) is 13.1 Å². The number of amides is 2. The minimum absolute atomic E-state index is 0.0266. The smallest absolute Gasteiger partial charge is 0.321 e. The number of hydrogen-bond acceptors (Lipinski definition) is 3. The molecule has 1 aliphatic rings. The van der Waals surface area contributed by atoms with E-state index < -0.39 is 0 Å². The van der Waals surface area contributed by atoms with E-state index in [0.29, 0.717) is 19.0 Å². The van der Waals surface area contributed by atoms with Crippen molar-refractivity contribution in [2.45, 2.75) is 32.9 Å². The van der Waals surface area contributed by atoms with Crippen molar-refractivity contribution in [2.75, 3.05) is 25.5 Å². The monoisotopic (exact) mass is 419 g/mol. The van der Waals surface area contributed by atoms with Gasteiger partial charge in [-0.15, -0.1) is 0 Å². The molecular weight excluding hydrogens is 390 g/mol. The zero-order valence-electron chi connectivity index (χ0n) is 18.1. The van der Waals surface area contributed by atoms with Crippen LogP contribution in [0.25, 0.3) is 11.0 Å². The number of carbonyl (C=O) groups is 1. The Kier molecular flexibility index (Phi) is 6.40. The molecule has 3 aromatic rings. The molecule has 0 bridgehead atoms. The van der Waals surface area contributed by atoms with Gasteiger partial charge in [-0.1, -0.05) is 30.3 Å². The number of rotatable bonds is 5. The number of urea groups is 1. The van der Waals surface area contributed by atoms with E-state index in [2.05, 4.69) is 33.9 Å². The van der Waals surface area contributed by atoms with Gasteiger partial charge in [-0.05, 0) is 43.5 Å². The van der Waals surface area contributed by atoms with Crippen LogP contribution in [0.3, 0.4) is 0 Å². The van der Waals surface area contributed by atoms with E-state index in [1.54, 1.807) is 7.05 Å². The number of likely N-dealkylation sites (tertiary alicyclic amines) is 1. The molecule has 4 rings (SSSR count). The Labute approximate surface area is 182 Å². The molecule has 0 atom stereocenters. The van der Waals surface area contributed by atoms with E-state index in [1.807, 2.05) is 47.4 Å². The average Bonchev–Trinajstić information content (AvgIpc) is 3.43. The molecule has 0 aliphatic carbocycles. The Morgan fingerprint density at radius 3 is 2.61 bits per heavy atom. The fraction of sp³-hybridized carbons (Fsp3) is 0.333. The molecule has 7 nitrogen and oxygen atoms in total. The largest absolute Gasteiger partial charge is 0.459 e. The van der Waals surface area contributed by atoms with Gasteiger partial charge in [0.05, 0.1) is 6.54 Å². The van der Waals surface area contributed by atoms with Crippen molar-refractivity contribution in [3.63, 3.8) is 0 Å². The number of anilines is 1. The fourth-order valence-corrected chi connectivity index (χ4v) is 3.85. The van der Waals surface area contributed by atoms with Gasteiger partial charge in [0.25, 0.3) is 0 Å². The highest BCUT2D eigenvalue weighted by atomic mass is 16.3. The van der Waals surface area contributed by atoms with Crippen LogP contribution >= 0.6 is 0 Å². The van der Waals surface area contributed by atoms with Crippen molar-refractivity contribution < 1.29 is 9.21 Å². The molecule has 3 N–H and O–H groups in total. The Balaban J connectivity index is 1.32. The van der Waals surface area contributed by atoms with Crippen LogP contribution in [0, 0.1) is 6.92 Å². The maximum atomic E-state index is 12.3. The SMILES string of the molecule is CN=C(NCc1cccc(NC(=O)N2CCCC2)c1)NCc1oc2ccccc2c1C. The van der Waals surface area contributed by atoms with E-state index in [1.165, 1.54) is 0 Å². The molecule has 31 heavy (non-hydrogen) atoms. The molecule has 1 saturated heterocycles. The first kappa shape index (κ1) is 20.8. The molecule has 162 valence electrons. The number of nitrogens with zero attached hydrogens (tertiary/aromatic N) is 2. The quantitative estimate of drug-likeness (QED) is 0.427. The van der Waals surface area contributed by atoms with E-state index in [9.17, 15) is 4.79 Å². The van der Waals surface area contributed by atoms with Gasteiger partial charge in [-0.3, -0.25) is 4.99 Å². The number of carbonyl (C=O) groups excluding carboxylic acids is 1. The maximum absolute atomic E-state index is 12.3. The summed E-state index contributed by atoms with van der Waals surface area (Å²) in [6.07, 6.45) is 2.16. The summed E-state index contributed by atoms with van der Waals surface area (Å²) in [7, 11) is 1.74. The first-order valence-corrected chi connectivity index (χ1v) is 10.7. The number of furan rings is 1. The minimum Gasteiger partial charge on any atom is -0.459 e. The molecular formula is C24H29N5O2. The lowest BCUT2D eigenvalue weighted by atomic mass is 10.1. The number of nitrogens with one attached hydrogen (secondary N) is 3. The number of hydrogen-bond donors (Lipinski definition) is 3. The van der Waals surface area contributed by atoms with Crippen LogP contribution < -0.4 is 16.0 Å². The van der Waals surface area contributed by atoms with Crippen molar-refractivity contribution in [3.8, 4) is 0 Å². The minimum atomic E-state index is -0.0266. The van der Waals surface area contributed by atoms with Gasteiger partial charge in [-0.2, -0.15) is 0 Å². The molecule has 1 aliphatic heterocycles. The third-order valence-electron chi connectivity index (χ3n) is 5.61. The molecule has 0 saturated carbocycles. The molecule has 0 radical (unpaired) electrons. The molecule has 0 unspecified atom stereocenters. The van der Waals surface area contributed by atoms with Gasteiger partial charge in [0.15, 0.2) is 5.96 Å². The lowest BCUT2D eigenvalue weighted by molar-refractivity contribution is 0.222. The first-order chi connectivity index (χ1) is 15.1. The number of fused-ring (bicyclic) bond motifs is 1. The summed E-state index contributed by atoms with van der Waals surface area (Å²) in [5, 5.41) is 10.8. The van der Waals surface area contributed by atoms with Crippen LogP contribution in [0.5, 0.6) is 0 Å². The predicted octanol–water partition coefficient (Wildman–Crippen LogP) is 4.23. The van der Waals surface area contributed by atoms with Crippen molar-refractivity contribution >= 4 is 28.6 Å². The summed E-state index contributed by atoms with van der Waals surface area (Å²) in [6, 6.07) is 15.9. The highest BCUT2D eigenvalue weighted by Crippen LogP contribution is 2.24. The number of para-hydroxylation sites is 1. The summed E-state index contributed by atoms with van der Waals surface area (Å²) >= 11 is 0. The summed E-state index contributed by atoms with van der Waals surface area (Å²) in [5.41, 5.74) is 3.90. The lowest BCUT2D eigenvalue weighted by Crippen LogP contribution is -2.36. The Morgan fingerprint density at radius 2 is 1.84 bits per heavy atom. The maximum Gasteiger partial charge on any atom is 0.321 e. The summed E-state index contributed by atoms with van der Waals surface area (Å²) in [6.45, 7) is 4.87. The van der Waals surface area contributed by atoms with Gasteiger partial charge < -0.3 is 25.3 Å². The van der Waals surface area contributed by atoms with Gasteiger partial charge >= 0.3 is 6.03 Å². The average molecular weight is 420 g/mol. The number of aryl methyl sites for hydroxylation is 1. The van der Waals surface area contributed by atoms with Gasteiger partial charge in [0.1, 0.15) is 11.3 Å². The van der Waals surface area contributed by atoms with Crippen molar-refractivity contribution in [3.05, 3.63) is 65.4 Å². The van der Waals surface area contributed by atoms with Crippen molar-refractivity contribution in [2.24, 2.45) is 4.99 Å². The van der Waals surface area contributed by atoms with E-state index in [4.69, 9.17) is 4.42 Å². The fourth-order valence-electron chi connectivity index (χ4n) is 3.85. The molecule has 2 amide bonds. The standard InChI is InChI=1S/C24H29N5O2/c1-17-20-10-3-4-11-21(20)31-22(17)16-27-23(25-2)26-15-18-8-7-9-19(14-18)28-24(30)29-12-5-6-13-29/h3-4,7-11,14H,5-6,12-13,15-16H2,1-2H3,(H,28,30)(H2,25,26,27). The second-order valence-electron chi connectivity index (χ2n) is 7.75. The zero-order chi connectivity index (χ0) is 21.6. The molecule has 2 aromatic carbocycles. The Bertz CT molecular complexity index is 1080. The predicted molar refractivity (Wildman–Crippen MR) is 124 cm³/mol. The van der Waals surface area contributed by atoms with Crippen LogP contribution in [0.15, 0.2) is 57.9 Å². The Hall–Kier alpha value is -3.48. The first-order valence-electron chi connectivity index (χ1n) is 10.7. The van der Waals surface area contributed by atoms with Crippen LogP contribution in [-0.4, -0.2) is 37.0 Å². The third kappa shape index (κ3) is 4.99. The topological polar surface area (TPSA) is 81.9 Å². The van der Waals surface area contributed by atoms with Crippen molar-refractivity contribution in [1.82, 2.24) is 15.5 Å². The summed E-state index contributed by atoms with van der Waals surface area (Å²) in [4.78, 5) is 18.5. The third-order valence-corrected chi connectivity index (χ3v) is 5.61. The number of aliphatic imine (C=N–C) groups is 1. The highest BCUT2D eigenvalue weighted by Gasteiger charge is 2.17. The van der Waals surface area contributed by atoms with Gasteiger partial charge in [0, 0.05) is 43.3 Å². The molecule has 1 aromatic heterocycles. The van der Waals surface area contributed by atoms with Crippen LogP contribution in [0.4, 0.5) is 10.5 Å². The molecule has 1 fully saturated rings. The summed E-state index contributed by atoms with van der Waals surface area (Å²) < 4.78 is 5.96. The molecule has 0 spiro atoms. The van der Waals surface area contributed by atoms with E-state index in [0.717, 1.165) is 59.5 Å². The molecule has 7 heteroatoms. The second kappa shape index (κ2) is 9.55. The number of guanidine groups is 1. The second-order valence-corrected chi connectivity index (χ2v) is 7.75. The van der Waals surface area contributed by atoms with Gasteiger partial charge in [0.2, 0.25) is 0 Å². The molecule has 2 heterocycles. The van der Waals surface area contributed by atoms with Crippen LogP contribution in [0.1, 0.15) is 29.7 Å². The lowest BCUT2D eigenvalue weighted by Gasteiger charge is -2.17. The Morgan fingerprint density at radius 1 is 1.06 bits per heavy atom. The zero-order valence-corrected chi connectivity index (χ0v) is 18.1. The number of benzene rings is 2. The van der Waals surface area contributed by atoms with E-state index in [-0.39, 0.29) is 6.03 Å². The van der Waals surface area contributed by atoms with Gasteiger partial charge in [-0.25, -0.2) is 4.79 Å². The normalized spacial score (nSPS) is 14.1. The van der Waals surface area contributed by atoms with Crippen molar-refractivity contribution in [1.29, 1.82) is 0 Å².